The van der Waals surface area contributed by atoms with Crippen molar-refractivity contribution in [2.45, 2.75) is 25.4 Å². The smallest absolute Gasteiger partial charge is 0.241 e. The Hall–Kier alpha value is -1.90. The number of benzene rings is 1. The van der Waals surface area contributed by atoms with Crippen LogP contribution in [0.1, 0.15) is 18.9 Å². The van der Waals surface area contributed by atoms with Crippen molar-refractivity contribution in [2.75, 3.05) is 32.5 Å². The molecule has 1 N–H and O–H groups in total. The van der Waals surface area contributed by atoms with E-state index in [1.54, 1.807) is 24.3 Å². The molecule has 112 valence electrons. The van der Waals surface area contributed by atoms with E-state index in [2.05, 4.69) is 35.3 Å². The molecule has 1 aromatic carbocycles. The number of carbonyl (C=O) groups is 1. The summed E-state index contributed by atoms with van der Waals surface area (Å²) in [5.74, 6) is -0.000821. The lowest BCUT2D eigenvalue weighted by atomic mass is 10.2. The molecule has 21 heavy (non-hydrogen) atoms. The number of nitrogens with one attached hydrogen (secondary N) is 1. The molecular weight excluding hydrogens is 264 g/mol. The number of nitriles is 1. The van der Waals surface area contributed by atoms with Crippen LogP contribution in [-0.4, -0.2) is 55.0 Å². The molecule has 1 heterocycles. The molecule has 1 aromatic rings. The van der Waals surface area contributed by atoms with Crippen molar-refractivity contribution in [1.82, 2.24) is 9.80 Å². The van der Waals surface area contributed by atoms with Crippen molar-refractivity contribution < 1.29 is 4.79 Å². The van der Waals surface area contributed by atoms with E-state index in [-0.39, 0.29) is 11.9 Å². The van der Waals surface area contributed by atoms with E-state index in [0.29, 0.717) is 11.6 Å². The lowest BCUT2D eigenvalue weighted by molar-refractivity contribution is -0.120. The molecule has 0 radical (unpaired) electrons. The summed E-state index contributed by atoms with van der Waals surface area (Å²) in [5.41, 5.74) is 1.32. The number of likely N-dealkylation sites (tertiary alicyclic amines) is 1. The Kier molecular flexibility index (Phi) is 4.94. The van der Waals surface area contributed by atoms with Crippen molar-refractivity contribution in [3.8, 4) is 6.07 Å². The highest BCUT2D eigenvalue weighted by Crippen LogP contribution is 2.17. The number of likely N-dealkylation sites (N-methyl/N-ethyl adjacent to an activating group) is 1. The van der Waals surface area contributed by atoms with Gasteiger partial charge in [0.1, 0.15) is 0 Å². The van der Waals surface area contributed by atoms with Crippen LogP contribution in [0.3, 0.4) is 0 Å². The van der Waals surface area contributed by atoms with E-state index in [1.165, 1.54) is 0 Å². The fraction of sp³-hybridized carbons (Fsp3) is 0.500. The van der Waals surface area contributed by atoms with E-state index < -0.39 is 0 Å². The number of anilines is 1. The van der Waals surface area contributed by atoms with Crippen LogP contribution in [0.15, 0.2) is 24.3 Å². The van der Waals surface area contributed by atoms with Crippen molar-refractivity contribution in [3.05, 3.63) is 29.8 Å². The first kappa shape index (κ1) is 15.5. The van der Waals surface area contributed by atoms with Gasteiger partial charge < -0.3 is 10.2 Å². The molecule has 0 bridgehead atoms. The van der Waals surface area contributed by atoms with E-state index in [1.807, 2.05) is 6.92 Å². The normalized spacial score (nSPS) is 20.2. The Morgan fingerprint density at radius 2 is 2.10 bits per heavy atom. The van der Waals surface area contributed by atoms with Gasteiger partial charge in [0.2, 0.25) is 5.91 Å². The standard InChI is InChI=1S/C16H22N4O/c1-12(20-9-8-15(11-20)19(2)3)16(21)18-14-6-4-13(10-17)5-7-14/h4-7,12,15H,8-9,11H2,1-3H3,(H,18,21). The molecule has 1 aliphatic rings. The first-order chi connectivity index (χ1) is 10.0. The molecule has 0 saturated carbocycles. The van der Waals surface area contributed by atoms with Gasteiger partial charge in [0.05, 0.1) is 17.7 Å². The minimum absolute atomic E-state index is 0.000821. The molecular formula is C16H22N4O. The summed E-state index contributed by atoms with van der Waals surface area (Å²) < 4.78 is 0. The molecule has 0 aromatic heterocycles. The Bertz CT molecular complexity index is 532. The van der Waals surface area contributed by atoms with E-state index in [4.69, 9.17) is 5.26 Å². The fourth-order valence-corrected chi connectivity index (χ4v) is 2.58. The van der Waals surface area contributed by atoms with E-state index in [9.17, 15) is 4.79 Å². The predicted octanol–water partition coefficient (Wildman–Crippen LogP) is 1.52. The SMILES string of the molecule is CC(C(=O)Nc1ccc(C#N)cc1)N1CCC(N(C)C)C1. The Morgan fingerprint density at radius 1 is 1.43 bits per heavy atom. The highest BCUT2D eigenvalue weighted by Gasteiger charge is 2.30. The fourth-order valence-electron chi connectivity index (χ4n) is 2.58. The second-order valence-electron chi connectivity index (χ2n) is 5.76. The van der Waals surface area contributed by atoms with Crippen LogP contribution in [0.2, 0.25) is 0 Å². The zero-order valence-electron chi connectivity index (χ0n) is 12.8. The first-order valence-corrected chi connectivity index (χ1v) is 7.22. The topological polar surface area (TPSA) is 59.4 Å². The second-order valence-corrected chi connectivity index (χ2v) is 5.76. The summed E-state index contributed by atoms with van der Waals surface area (Å²) >= 11 is 0. The van der Waals surface area contributed by atoms with Crippen molar-refractivity contribution >= 4 is 11.6 Å². The van der Waals surface area contributed by atoms with Gasteiger partial charge >= 0.3 is 0 Å². The Morgan fingerprint density at radius 3 is 2.62 bits per heavy atom. The lowest BCUT2D eigenvalue weighted by Gasteiger charge is -2.25. The molecule has 5 nitrogen and oxygen atoms in total. The van der Waals surface area contributed by atoms with Gasteiger partial charge in [0.25, 0.3) is 0 Å². The van der Waals surface area contributed by atoms with Crippen molar-refractivity contribution in [3.63, 3.8) is 0 Å². The van der Waals surface area contributed by atoms with Crippen LogP contribution < -0.4 is 5.32 Å². The average molecular weight is 286 g/mol. The molecule has 1 fully saturated rings. The third kappa shape index (κ3) is 3.81. The number of hydrogen-bond acceptors (Lipinski definition) is 4. The summed E-state index contributed by atoms with van der Waals surface area (Å²) in [7, 11) is 4.16. The highest BCUT2D eigenvalue weighted by molar-refractivity contribution is 5.94. The molecule has 2 atom stereocenters. The van der Waals surface area contributed by atoms with Crippen LogP contribution >= 0.6 is 0 Å². The van der Waals surface area contributed by atoms with Crippen LogP contribution in [-0.2, 0) is 4.79 Å². The minimum Gasteiger partial charge on any atom is -0.325 e. The van der Waals surface area contributed by atoms with Crippen LogP contribution in [0.25, 0.3) is 0 Å². The number of carbonyl (C=O) groups excluding carboxylic acids is 1. The summed E-state index contributed by atoms with van der Waals surface area (Å²) in [6, 6.07) is 9.37. The van der Waals surface area contributed by atoms with Crippen LogP contribution in [0.4, 0.5) is 5.69 Å². The summed E-state index contributed by atoms with van der Waals surface area (Å²) in [4.78, 5) is 16.7. The van der Waals surface area contributed by atoms with Gasteiger partial charge in [-0.25, -0.2) is 0 Å². The maximum atomic E-state index is 12.3. The third-order valence-corrected chi connectivity index (χ3v) is 4.13. The van der Waals surface area contributed by atoms with E-state index >= 15 is 0 Å². The number of hydrogen-bond donors (Lipinski definition) is 1. The number of nitrogens with zero attached hydrogens (tertiary/aromatic N) is 3. The zero-order valence-corrected chi connectivity index (χ0v) is 12.8. The molecule has 5 heteroatoms. The monoisotopic (exact) mass is 286 g/mol. The van der Waals surface area contributed by atoms with Gasteiger partial charge in [-0.05, 0) is 51.7 Å². The number of amides is 1. The minimum atomic E-state index is -0.148. The molecule has 0 aliphatic carbocycles. The van der Waals surface area contributed by atoms with Crippen molar-refractivity contribution in [2.24, 2.45) is 0 Å². The molecule has 0 spiro atoms. The molecule has 2 unspecified atom stereocenters. The van der Waals surface area contributed by atoms with Crippen molar-refractivity contribution in [1.29, 1.82) is 5.26 Å². The molecule has 1 amide bonds. The van der Waals surface area contributed by atoms with Gasteiger partial charge in [-0.2, -0.15) is 5.26 Å². The quantitative estimate of drug-likeness (QED) is 0.911. The largest absolute Gasteiger partial charge is 0.325 e. The Balaban J connectivity index is 1.92. The maximum Gasteiger partial charge on any atom is 0.241 e. The van der Waals surface area contributed by atoms with Crippen LogP contribution in [0, 0.1) is 11.3 Å². The van der Waals surface area contributed by atoms with Gasteiger partial charge in [0.15, 0.2) is 0 Å². The molecule has 2 rings (SSSR count). The van der Waals surface area contributed by atoms with Gasteiger partial charge in [0, 0.05) is 24.8 Å². The van der Waals surface area contributed by atoms with Gasteiger partial charge in [-0.1, -0.05) is 0 Å². The first-order valence-electron chi connectivity index (χ1n) is 7.22. The zero-order chi connectivity index (χ0) is 15.4. The highest BCUT2D eigenvalue weighted by atomic mass is 16.2. The summed E-state index contributed by atoms with van der Waals surface area (Å²) in [5, 5.41) is 11.7. The molecule has 1 saturated heterocycles. The third-order valence-electron chi connectivity index (χ3n) is 4.13. The summed E-state index contributed by atoms with van der Waals surface area (Å²) in [6.07, 6.45) is 1.10. The average Bonchev–Trinajstić information content (AvgIpc) is 2.97. The Labute approximate surface area is 126 Å². The van der Waals surface area contributed by atoms with Crippen LogP contribution in [0.5, 0.6) is 0 Å². The number of rotatable bonds is 4. The summed E-state index contributed by atoms with van der Waals surface area (Å²) in [6.45, 7) is 3.82. The molecule has 1 aliphatic heterocycles. The van der Waals surface area contributed by atoms with Gasteiger partial charge in [-0.15, -0.1) is 0 Å². The van der Waals surface area contributed by atoms with E-state index in [0.717, 1.165) is 25.2 Å². The predicted molar refractivity (Wildman–Crippen MR) is 82.9 cm³/mol. The second kappa shape index (κ2) is 6.70. The maximum absolute atomic E-state index is 12.3. The lowest BCUT2D eigenvalue weighted by Crippen LogP contribution is -2.42. The van der Waals surface area contributed by atoms with Gasteiger partial charge in [-0.3, -0.25) is 9.69 Å².